The summed E-state index contributed by atoms with van der Waals surface area (Å²) in [6, 6.07) is 10.2. The molecular formula is C18H17NO4. The maximum atomic E-state index is 12.3. The summed E-state index contributed by atoms with van der Waals surface area (Å²) in [5, 5.41) is 11.1. The van der Waals surface area contributed by atoms with E-state index < -0.39 is 4.92 Å². The first-order valence-corrected chi connectivity index (χ1v) is 7.04. The van der Waals surface area contributed by atoms with E-state index in [1.54, 1.807) is 31.2 Å². The highest BCUT2D eigenvalue weighted by Gasteiger charge is 2.13. The van der Waals surface area contributed by atoms with E-state index in [0.717, 1.165) is 11.1 Å². The molecule has 0 bridgehead atoms. The molecule has 118 valence electrons. The van der Waals surface area contributed by atoms with Crippen molar-refractivity contribution in [1.29, 1.82) is 0 Å². The number of nitro benzene ring substituents is 1. The lowest BCUT2D eigenvalue weighted by molar-refractivity contribution is -0.385. The van der Waals surface area contributed by atoms with Crippen LogP contribution in [0.2, 0.25) is 0 Å². The second-order valence-corrected chi connectivity index (χ2v) is 5.22. The van der Waals surface area contributed by atoms with Gasteiger partial charge >= 0.3 is 0 Å². The number of nitrogens with zero attached hydrogens (tertiary/aromatic N) is 1. The van der Waals surface area contributed by atoms with Crippen molar-refractivity contribution in [3.05, 3.63) is 74.8 Å². The molecule has 2 aromatic carbocycles. The van der Waals surface area contributed by atoms with Crippen molar-refractivity contribution >= 4 is 17.5 Å². The first-order chi connectivity index (χ1) is 10.9. The van der Waals surface area contributed by atoms with Crippen LogP contribution in [0.3, 0.4) is 0 Å². The van der Waals surface area contributed by atoms with E-state index in [9.17, 15) is 14.9 Å². The van der Waals surface area contributed by atoms with Crippen molar-refractivity contribution in [2.75, 3.05) is 7.11 Å². The van der Waals surface area contributed by atoms with E-state index in [2.05, 4.69) is 0 Å². The van der Waals surface area contributed by atoms with Crippen LogP contribution < -0.4 is 4.74 Å². The topological polar surface area (TPSA) is 69.4 Å². The summed E-state index contributed by atoms with van der Waals surface area (Å²) in [5.41, 5.74) is 2.56. The van der Waals surface area contributed by atoms with Gasteiger partial charge < -0.3 is 4.74 Å². The summed E-state index contributed by atoms with van der Waals surface area (Å²) in [6.45, 7) is 3.69. The average molecular weight is 311 g/mol. The van der Waals surface area contributed by atoms with Crippen LogP contribution in [0.15, 0.2) is 42.5 Å². The lowest BCUT2D eigenvalue weighted by Gasteiger charge is -2.06. The number of benzene rings is 2. The Morgan fingerprint density at radius 3 is 2.43 bits per heavy atom. The van der Waals surface area contributed by atoms with E-state index >= 15 is 0 Å². The normalized spacial score (nSPS) is 10.7. The Morgan fingerprint density at radius 1 is 1.13 bits per heavy atom. The Labute approximate surface area is 134 Å². The minimum absolute atomic E-state index is 0.0232. The minimum Gasteiger partial charge on any atom is -0.496 e. The zero-order valence-electron chi connectivity index (χ0n) is 13.2. The maximum Gasteiger partial charge on any atom is 0.276 e. The van der Waals surface area contributed by atoms with Crippen molar-refractivity contribution in [3.63, 3.8) is 0 Å². The Hall–Kier alpha value is -2.95. The van der Waals surface area contributed by atoms with E-state index in [4.69, 9.17) is 4.74 Å². The summed E-state index contributed by atoms with van der Waals surface area (Å²) < 4.78 is 5.21. The molecule has 0 atom stereocenters. The zero-order valence-corrected chi connectivity index (χ0v) is 13.2. The number of hydrogen-bond donors (Lipinski definition) is 0. The number of allylic oxidation sites excluding steroid dienone is 1. The number of ketones is 1. The van der Waals surface area contributed by atoms with Crippen LogP contribution >= 0.6 is 0 Å². The van der Waals surface area contributed by atoms with Gasteiger partial charge in [0.15, 0.2) is 5.78 Å². The van der Waals surface area contributed by atoms with Gasteiger partial charge in [0.25, 0.3) is 5.69 Å². The summed E-state index contributed by atoms with van der Waals surface area (Å²) in [4.78, 5) is 23.0. The number of carbonyl (C=O) groups excluding carboxylic acids is 1. The highest BCUT2D eigenvalue weighted by Crippen LogP contribution is 2.24. The second kappa shape index (κ2) is 6.87. The molecule has 0 heterocycles. The van der Waals surface area contributed by atoms with E-state index in [1.807, 2.05) is 13.0 Å². The van der Waals surface area contributed by atoms with Gasteiger partial charge in [-0.1, -0.05) is 12.1 Å². The quantitative estimate of drug-likeness (QED) is 0.360. The van der Waals surface area contributed by atoms with Gasteiger partial charge in [-0.15, -0.1) is 0 Å². The Balaban J connectivity index is 2.34. The SMILES string of the molecule is COc1cc(C)ccc1C(=O)/C=C/c1ccc(C)cc1[N+](=O)[O-]. The molecule has 0 fully saturated rings. The first-order valence-electron chi connectivity index (χ1n) is 7.04. The van der Waals surface area contributed by atoms with Gasteiger partial charge in [-0.3, -0.25) is 14.9 Å². The fraction of sp³-hybridized carbons (Fsp3) is 0.167. The van der Waals surface area contributed by atoms with Gasteiger partial charge in [0, 0.05) is 6.07 Å². The van der Waals surface area contributed by atoms with E-state index in [0.29, 0.717) is 16.9 Å². The largest absolute Gasteiger partial charge is 0.496 e. The van der Waals surface area contributed by atoms with Crippen molar-refractivity contribution in [1.82, 2.24) is 0 Å². The standard InChI is InChI=1S/C18H17NO4/c1-12-4-6-14(16(10-12)19(21)22)7-9-17(20)15-8-5-13(2)11-18(15)23-3/h4-11H,1-3H3/b9-7+. The van der Waals surface area contributed by atoms with Gasteiger partial charge in [0.05, 0.1) is 23.2 Å². The van der Waals surface area contributed by atoms with Crippen LogP contribution in [0.1, 0.15) is 27.0 Å². The fourth-order valence-electron chi connectivity index (χ4n) is 2.21. The fourth-order valence-corrected chi connectivity index (χ4v) is 2.21. The molecule has 0 aliphatic heterocycles. The molecule has 0 radical (unpaired) electrons. The number of nitro groups is 1. The van der Waals surface area contributed by atoms with Crippen LogP contribution in [0.25, 0.3) is 6.08 Å². The smallest absolute Gasteiger partial charge is 0.276 e. The molecule has 0 unspecified atom stereocenters. The van der Waals surface area contributed by atoms with Gasteiger partial charge in [-0.25, -0.2) is 0 Å². The lowest BCUT2D eigenvalue weighted by Crippen LogP contribution is -1.99. The number of ether oxygens (including phenoxy) is 1. The number of hydrogen-bond acceptors (Lipinski definition) is 4. The lowest BCUT2D eigenvalue weighted by atomic mass is 10.0. The highest BCUT2D eigenvalue weighted by molar-refractivity contribution is 6.08. The molecule has 0 aliphatic rings. The average Bonchev–Trinajstić information content (AvgIpc) is 2.53. The number of carbonyl (C=O) groups is 1. The molecule has 0 N–H and O–H groups in total. The van der Waals surface area contributed by atoms with Crippen LogP contribution in [0, 0.1) is 24.0 Å². The van der Waals surface area contributed by atoms with Crippen LogP contribution in [0.4, 0.5) is 5.69 Å². The molecular weight excluding hydrogens is 294 g/mol. The minimum atomic E-state index is -0.455. The number of rotatable bonds is 5. The third-order valence-electron chi connectivity index (χ3n) is 3.42. The Kier molecular flexibility index (Phi) is 4.91. The number of aryl methyl sites for hydroxylation is 2. The van der Waals surface area contributed by atoms with Gasteiger partial charge in [0.2, 0.25) is 0 Å². The third-order valence-corrected chi connectivity index (χ3v) is 3.42. The number of methoxy groups -OCH3 is 1. The molecule has 0 saturated carbocycles. The molecule has 2 aromatic rings. The molecule has 23 heavy (non-hydrogen) atoms. The van der Waals surface area contributed by atoms with Crippen LogP contribution in [0.5, 0.6) is 5.75 Å². The summed E-state index contributed by atoms with van der Waals surface area (Å²) >= 11 is 0. The molecule has 0 aromatic heterocycles. The Morgan fingerprint density at radius 2 is 1.78 bits per heavy atom. The maximum absolute atomic E-state index is 12.3. The highest BCUT2D eigenvalue weighted by atomic mass is 16.6. The third kappa shape index (κ3) is 3.83. The van der Waals surface area contributed by atoms with Crippen molar-refractivity contribution in [2.45, 2.75) is 13.8 Å². The molecule has 0 aliphatic carbocycles. The molecule has 5 nitrogen and oxygen atoms in total. The molecule has 2 rings (SSSR count). The van der Waals surface area contributed by atoms with Gasteiger partial charge in [-0.05, 0) is 55.3 Å². The first kappa shape index (κ1) is 16.4. The van der Waals surface area contributed by atoms with E-state index in [-0.39, 0.29) is 11.5 Å². The van der Waals surface area contributed by atoms with Gasteiger partial charge in [0.1, 0.15) is 5.75 Å². The van der Waals surface area contributed by atoms with Crippen LogP contribution in [-0.2, 0) is 0 Å². The summed E-state index contributed by atoms with van der Waals surface area (Å²) in [6.07, 6.45) is 2.78. The Bertz CT molecular complexity index is 794. The molecule has 5 heteroatoms. The van der Waals surface area contributed by atoms with Crippen molar-refractivity contribution in [3.8, 4) is 5.75 Å². The summed E-state index contributed by atoms with van der Waals surface area (Å²) in [5.74, 6) is 0.217. The zero-order chi connectivity index (χ0) is 17.0. The van der Waals surface area contributed by atoms with Gasteiger partial charge in [-0.2, -0.15) is 0 Å². The molecule has 0 saturated heterocycles. The van der Waals surface area contributed by atoms with Crippen LogP contribution in [-0.4, -0.2) is 17.8 Å². The predicted octanol–water partition coefficient (Wildman–Crippen LogP) is 4.12. The predicted molar refractivity (Wildman–Crippen MR) is 88.9 cm³/mol. The molecule has 0 spiro atoms. The monoisotopic (exact) mass is 311 g/mol. The second-order valence-electron chi connectivity index (χ2n) is 5.22. The van der Waals surface area contributed by atoms with E-state index in [1.165, 1.54) is 25.3 Å². The summed E-state index contributed by atoms with van der Waals surface area (Å²) in [7, 11) is 1.50. The van der Waals surface area contributed by atoms with Crippen molar-refractivity contribution in [2.24, 2.45) is 0 Å². The molecule has 0 amide bonds. The van der Waals surface area contributed by atoms with Crippen molar-refractivity contribution < 1.29 is 14.5 Å².